The second kappa shape index (κ2) is 5.12. The van der Waals surface area contributed by atoms with Crippen LogP contribution in [0.15, 0.2) is 4.52 Å². The summed E-state index contributed by atoms with van der Waals surface area (Å²) in [6.07, 6.45) is 0.321. The third-order valence-corrected chi connectivity index (χ3v) is 2.90. The number of carbonyl (C=O) groups is 1. The number of hydrogen-bond donors (Lipinski definition) is 1. The van der Waals surface area contributed by atoms with Gasteiger partial charge in [-0.15, -0.1) is 0 Å². The normalized spacial score (nSPS) is 12.6. The molecule has 1 rings (SSSR count). The summed E-state index contributed by atoms with van der Waals surface area (Å²) in [6, 6.07) is 0.0490. The Morgan fingerprint density at radius 1 is 1.56 bits per heavy atom. The average molecular weight is 225 g/mol. The van der Waals surface area contributed by atoms with Gasteiger partial charge in [0.15, 0.2) is 0 Å². The van der Waals surface area contributed by atoms with Gasteiger partial charge in [0.05, 0.1) is 12.1 Å². The molecule has 0 saturated heterocycles. The smallest absolute Gasteiger partial charge is 0.227 e. The molecular weight excluding hydrogens is 206 g/mol. The molecule has 1 aromatic heterocycles. The van der Waals surface area contributed by atoms with Crippen molar-refractivity contribution in [2.45, 2.75) is 33.2 Å². The first kappa shape index (κ1) is 12.7. The number of nitrogens with zero attached hydrogens (tertiary/aromatic N) is 2. The highest BCUT2D eigenvalue weighted by Gasteiger charge is 2.18. The lowest BCUT2D eigenvalue weighted by Gasteiger charge is -2.23. The van der Waals surface area contributed by atoms with E-state index in [-0.39, 0.29) is 11.9 Å². The molecule has 1 amide bonds. The molecule has 0 spiro atoms. The van der Waals surface area contributed by atoms with Crippen LogP contribution in [0.1, 0.15) is 23.9 Å². The number of aryl methyl sites for hydroxylation is 2. The Morgan fingerprint density at radius 3 is 2.62 bits per heavy atom. The molecule has 0 aliphatic carbocycles. The van der Waals surface area contributed by atoms with E-state index in [2.05, 4.69) is 5.16 Å². The SMILES string of the molecule is Cc1noc(C)c1CC(=O)N(C)C(C)CN. The predicted molar refractivity (Wildman–Crippen MR) is 61.0 cm³/mol. The van der Waals surface area contributed by atoms with E-state index in [4.69, 9.17) is 10.3 Å². The number of carbonyl (C=O) groups excluding carboxylic acids is 1. The topological polar surface area (TPSA) is 72.4 Å². The predicted octanol–water partition coefficient (Wildman–Crippen LogP) is 0.640. The van der Waals surface area contributed by atoms with E-state index in [1.54, 1.807) is 11.9 Å². The van der Waals surface area contributed by atoms with Crippen LogP contribution in [-0.4, -0.2) is 35.6 Å². The minimum atomic E-state index is 0.0346. The summed E-state index contributed by atoms with van der Waals surface area (Å²) in [5.74, 6) is 0.743. The van der Waals surface area contributed by atoms with Gasteiger partial charge in [-0.05, 0) is 20.8 Å². The van der Waals surface area contributed by atoms with Gasteiger partial charge < -0.3 is 15.2 Å². The van der Waals surface area contributed by atoms with E-state index in [0.717, 1.165) is 11.3 Å². The Labute approximate surface area is 95.6 Å². The van der Waals surface area contributed by atoms with E-state index in [0.29, 0.717) is 18.7 Å². The first-order valence-corrected chi connectivity index (χ1v) is 5.34. The summed E-state index contributed by atoms with van der Waals surface area (Å²) in [4.78, 5) is 13.6. The Balaban J connectivity index is 2.71. The van der Waals surface area contributed by atoms with Crippen LogP contribution in [0.5, 0.6) is 0 Å². The zero-order valence-electron chi connectivity index (χ0n) is 10.3. The number of hydrogen-bond acceptors (Lipinski definition) is 4. The molecule has 90 valence electrons. The molecule has 5 nitrogen and oxygen atoms in total. The van der Waals surface area contributed by atoms with Crippen LogP contribution in [0, 0.1) is 13.8 Å². The Hall–Kier alpha value is -1.36. The average Bonchev–Trinajstić information content (AvgIpc) is 2.58. The summed E-state index contributed by atoms with van der Waals surface area (Å²) in [5.41, 5.74) is 7.17. The first-order chi connectivity index (χ1) is 7.47. The van der Waals surface area contributed by atoms with Gasteiger partial charge in [-0.1, -0.05) is 5.16 Å². The molecule has 1 aromatic rings. The second-order valence-corrected chi connectivity index (χ2v) is 4.07. The lowest BCUT2D eigenvalue weighted by molar-refractivity contribution is -0.130. The van der Waals surface area contributed by atoms with Crippen LogP contribution in [-0.2, 0) is 11.2 Å². The van der Waals surface area contributed by atoms with Crippen molar-refractivity contribution in [1.82, 2.24) is 10.1 Å². The van der Waals surface area contributed by atoms with E-state index >= 15 is 0 Å². The van der Waals surface area contributed by atoms with Crippen molar-refractivity contribution in [3.05, 3.63) is 17.0 Å². The van der Waals surface area contributed by atoms with Crippen molar-refractivity contribution in [2.75, 3.05) is 13.6 Å². The van der Waals surface area contributed by atoms with E-state index < -0.39 is 0 Å². The standard InChI is InChI=1S/C11H19N3O2/c1-7(6-12)14(4)11(15)5-10-8(2)13-16-9(10)3/h7H,5-6,12H2,1-4H3. The van der Waals surface area contributed by atoms with Gasteiger partial charge in [0.2, 0.25) is 5.91 Å². The number of rotatable bonds is 4. The third-order valence-electron chi connectivity index (χ3n) is 2.90. The molecule has 1 heterocycles. The fraction of sp³-hybridized carbons (Fsp3) is 0.636. The molecule has 0 bridgehead atoms. The van der Waals surface area contributed by atoms with Crippen molar-refractivity contribution in [1.29, 1.82) is 0 Å². The highest BCUT2D eigenvalue weighted by atomic mass is 16.5. The number of likely N-dealkylation sites (N-methyl/N-ethyl adjacent to an activating group) is 1. The molecule has 0 aromatic carbocycles. The molecular formula is C11H19N3O2. The fourth-order valence-corrected chi connectivity index (χ4v) is 1.43. The summed E-state index contributed by atoms with van der Waals surface area (Å²) in [7, 11) is 1.76. The first-order valence-electron chi connectivity index (χ1n) is 5.34. The molecule has 5 heteroatoms. The lowest BCUT2D eigenvalue weighted by atomic mass is 10.1. The minimum Gasteiger partial charge on any atom is -0.361 e. The molecule has 0 fully saturated rings. The molecule has 0 saturated carbocycles. The van der Waals surface area contributed by atoms with Gasteiger partial charge >= 0.3 is 0 Å². The second-order valence-electron chi connectivity index (χ2n) is 4.07. The van der Waals surface area contributed by atoms with Crippen molar-refractivity contribution in [2.24, 2.45) is 5.73 Å². The van der Waals surface area contributed by atoms with Crippen molar-refractivity contribution < 1.29 is 9.32 Å². The monoisotopic (exact) mass is 225 g/mol. The van der Waals surface area contributed by atoms with Gasteiger partial charge in [0, 0.05) is 25.2 Å². The van der Waals surface area contributed by atoms with Gasteiger partial charge in [-0.2, -0.15) is 0 Å². The van der Waals surface area contributed by atoms with Crippen LogP contribution in [0.25, 0.3) is 0 Å². The van der Waals surface area contributed by atoms with E-state index in [1.807, 2.05) is 20.8 Å². The summed E-state index contributed by atoms with van der Waals surface area (Å²) < 4.78 is 5.02. The van der Waals surface area contributed by atoms with Gasteiger partial charge in [-0.25, -0.2) is 0 Å². The third kappa shape index (κ3) is 2.61. The Kier molecular flexibility index (Phi) is 4.06. The largest absolute Gasteiger partial charge is 0.361 e. The Morgan fingerprint density at radius 2 is 2.19 bits per heavy atom. The van der Waals surface area contributed by atoms with Crippen LogP contribution < -0.4 is 5.73 Å². The Bertz CT molecular complexity index is 354. The summed E-state index contributed by atoms with van der Waals surface area (Å²) >= 11 is 0. The molecule has 0 aliphatic rings. The number of aromatic nitrogens is 1. The molecule has 0 aliphatic heterocycles. The molecule has 1 unspecified atom stereocenters. The molecule has 16 heavy (non-hydrogen) atoms. The molecule has 1 atom stereocenters. The maximum Gasteiger partial charge on any atom is 0.227 e. The lowest BCUT2D eigenvalue weighted by Crippen LogP contribution is -2.40. The van der Waals surface area contributed by atoms with Crippen LogP contribution in [0.2, 0.25) is 0 Å². The van der Waals surface area contributed by atoms with Crippen LogP contribution >= 0.6 is 0 Å². The maximum atomic E-state index is 11.9. The van der Waals surface area contributed by atoms with Crippen LogP contribution in [0.4, 0.5) is 0 Å². The van der Waals surface area contributed by atoms with E-state index in [9.17, 15) is 4.79 Å². The maximum absolute atomic E-state index is 11.9. The highest BCUT2D eigenvalue weighted by Crippen LogP contribution is 2.14. The van der Waals surface area contributed by atoms with Crippen molar-refractivity contribution in [3.8, 4) is 0 Å². The number of nitrogens with two attached hydrogens (primary N) is 1. The summed E-state index contributed by atoms with van der Waals surface area (Å²) in [6.45, 7) is 6.04. The molecule has 0 radical (unpaired) electrons. The van der Waals surface area contributed by atoms with Gasteiger partial charge in [0.25, 0.3) is 0 Å². The molecule has 2 N–H and O–H groups in total. The fourth-order valence-electron chi connectivity index (χ4n) is 1.43. The van der Waals surface area contributed by atoms with Crippen molar-refractivity contribution in [3.63, 3.8) is 0 Å². The van der Waals surface area contributed by atoms with E-state index in [1.165, 1.54) is 0 Å². The zero-order valence-corrected chi connectivity index (χ0v) is 10.3. The summed E-state index contributed by atoms with van der Waals surface area (Å²) in [5, 5.41) is 3.82. The quantitative estimate of drug-likeness (QED) is 0.816. The van der Waals surface area contributed by atoms with Crippen LogP contribution in [0.3, 0.4) is 0 Å². The zero-order chi connectivity index (χ0) is 12.3. The number of amides is 1. The van der Waals surface area contributed by atoms with Crippen molar-refractivity contribution >= 4 is 5.91 Å². The minimum absolute atomic E-state index is 0.0346. The van der Waals surface area contributed by atoms with Gasteiger partial charge in [0.1, 0.15) is 5.76 Å². The highest BCUT2D eigenvalue weighted by molar-refractivity contribution is 5.79. The van der Waals surface area contributed by atoms with Gasteiger partial charge in [-0.3, -0.25) is 4.79 Å².